The second kappa shape index (κ2) is 6.02. The predicted molar refractivity (Wildman–Crippen MR) is 69.7 cm³/mol. The average Bonchev–Trinajstić information content (AvgIpc) is 2.28. The van der Waals surface area contributed by atoms with E-state index in [4.69, 9.17) is 10.5 Å². The van der Waals surface area contributed by atoms with Gasteiger partial charge >= 0.3 is 0 Å². The Morgan fingerprint density at radius 3 is 2.59 bits per heavy atom. The van der Waals surface area contributed by atoms with Crippen molar-refractivity contribution in [2.24, 2.45) is 5.73 Å². The maximum atomic E-state index is 11.0. The molecule has 4 N–H and O–H groups in total. The first-order chi connectivity index (χ1) is 7.95. The highest BCUT2D eigenvalue weighted by Gasteiger charge is 2.18. The number of nitrogens with two attached hydrogens (primary N) is 2. The Hall–Kier alpha value is -1.07. The molecule has 4 nitrogen and oxygen atoms in total. The maximum absolute atomic E-state index is 11.0. The van der Waals surface area contributed by atoms with E-state index < -0.39 is 0 Å². The zero-order chi connectivity index (χ0) is 13.0. The summed E-state index contributed by atoms with van der Waals surface area (Å²) in [6.07, 6.45) is 0. The number of carbonyl (C=O) groups excluding carboxylic acids is 1. The van der Waals surface area contributed by atoms with Crippen LogP contribution in [0.15, 0.2) is 22.7 Å². The first-order valence-corrected chi connectivity index (χ1v) is 6.22. The molecule has 94 valence electrons. The van der Waals surface area contributed by atoms with E-state index in [-0.39, 0.29) is 18.0 Å². The zero-order valence-corrected chi connectivity index (χ0v) is 11.8. The minimum atomic E-state index is -0.301. The molecule has 0 radical (unpaired) electrons. The van der Waals surface area contributed by atoms with Crippen LogP contribution in [0.25, 0.3) is 0 Å². The van der Waals surface area contributed by atoms with Gasteiger partial charge in [0.2, 0.25) is 0 Å². The number of benzene rings is 1. The Balaban J connectivity index is 2.79. The Bertz CT molecular complexity index is 409. The van der Waals surface area contributed by atoms with E-state index in [0.29, 0.717) is 0 Å². The Morgan fingerprint density at radius 2 is 2.12 bits per heavy atom. The van der Waals surface area contributed by atoms with E-state index in [1.165, 1.54) is 0 Å². The smallest absolute Gasteiger partial charge is 0.275 e. The van der Waals surface area contributed by atoms with Crippen molar-refractivity contribution >= 4 is 21.8 Å². The van der Waals surface area contributed by atoms with Crippen molar-refractivity contribution in [2.75, 3.05) is 7.11 Å². The quantitative estimate of drug-likeness (QED) is 0.850. The minimum Gasteiger partial charge on any atom is -0.496 e. The van der Waals surface area contributed by atoms with Crippen LogP contribution in [0.5, 0.6) is 5.75 Å². The van der Waals surface area contributed by atoms with Crippen LogP contribution >= 0.6 is 15.9 Å². The molecule has 0 aliphatic carbocycles. The molecule has 2 atom stereocenters. The molecule has 0 spiro atoms. The van der Waals surface area contributed by atoms with E-state index in [1.807, 2.05) is 30.4 Å². The summed E-state index contributed by atoms with van der Waals surface area (Å²) in [6, 6.07) is 5.82. The molecule has 0 fully saturated rings. The number of ether oxygens (including phenoxy) is 1. The summed E-state index contributed by atoms with van der Waals surface area (Å²) in [5.74, 6) is 0.494. The molecule has 1 aromatic carbocycles. The van der Waals surface area contributed by atoms with Crippen LogP contribution in [-0.2, 0) is 4.79 Å². The van der Waals surface area contributed by atoms with E-state index >= 15 is 0 Å². The molecule has 0 aromatic heterocycles. The van der Waals surface area contributed by atoms with Crippen molar-refractivity contribution in [2.45, 2.75) is 25.9 Å². The number of amides is 1. The number of methoxy groups -OCH3 is 1. The van der Waals surface area contributed by atoms with Crippen molar-refractivity contribution in [3.05, 3.63) is 28.2 Å². The van der Waals surface area contributed by atoms with Gasteiger partial charge in [-0.1, -0.05) is 0 Å². The predicted octanol–water partition coefficient (Wildman–Crippen LogP) is 0.956. The fourth-order valence-corrected chi connectivity index (χ4v) is 2.16. The van der Waals surface area contributed by atoms with Gasteiger partial charge in [-0.3, -0.25) is 4.79 Å². The highest BCUT2D eigenvalue weighted by molar-refractivity contribution is 9.10. The standard InChI is InChI=1S/C12H17BrN2O2/c1-7(15-8(2)12(14)16)9-4-5-11(17-3)10(13)6-9/h4-8,15H,1-3H3,(H2,14,16)/p+1/t7-,8+/m1/s1. The monoisotopic (exact) mass is 301 g/mol. The van der Waals surface area contributed by atoms with Gasteiger partial charge in [-0.2, -0.15) is 0 Å². The Labute approximate surface area is 110 Å². The molecular weight excluding hydrogens is 284 g/mol. The SMILES string of the molecule is COc1ccc([C@@H](C)[NH2+][C@@H](C)C(N)=O)cc1Br. The van der Waals surface area contributed by atoms with Crippen molar-refractivity contribution in [1.29, 1.82) is 0 Å². The van der Waals surface area contributed by atoms with Gasteiger partial charge in [0.05, 0.1) is 11.6 Å². The van der Waals surface area contributed by atoms with E-state index in [2.05, 4.69) is 15.9 Å². The van der Waals surface area contributed by atoms with Gasteiger partial charge in [-0.25, -0.2) is 0 Å². The number of primary amides is 1. The summed E-state index contributed by atoms with van der Waals surface area (Å²) in [5, 5.41) is 1.94. The first kappa shape index (κ1) is 14.0. The molecule has 0 saturated heterocycles. The second-order valence-electron chi connectivity index (χ2n) is 4.07. The number of rotatable bonds is 5. The molecule has 5 heteroatoms. The summed E-state index contributed by atoms with van der Waals surface area (Å²) >= 11 is 3.44. The number of hydrogen-bond acceptors (Lipinski definition) is 2. The van der Waals surface area contributed by atoms with Gasteiger partial charge in [0, 0.05) is 5.56 Å². The summed E-state index contributed by atoms with van der Waals surface area (Å²) in [6.45, 7) is 3.84. The third kappa shape index (κ3) is 3.71. The third-order valence-corrected chi connectivity index (χ3v) is 3.35. The highest BCUT2D eigenvalue weighted by Crippen LogP contribution is 2.27. The lowest BCUT2D eigenvalue weighted by Crippen LogP contribution is -2.92. The van der Waals surface area contributed by atoms with Crippen molar-refractivity contribution < 1.29 is 14.8 Å². The molecule has 0 heterocycles. The molecule has 1 rings (SSSR count). The summed E-state index contributed by atoms with van der Waals surface area (Å²) < 4.78 is 6.07. The largest absolute Gasteiger partial charge is 0.496 e. The Morgan fingerprint density at radius 1 is 1.47 bits per heavy atom. The van der Waals surface area contributed by atoms with Crippen LogP contribution in [0.1, 0.15) is 25.5 Å². The minimum absolute atomic E-state index is 0.166. The fraction of sp³-hybridized carbons (Fsp3) is 0.417. The number of halogens is 1. The molecule has 1 amide bonds. The van der Waals surface area contributed by atoms with Gasteiger partial charge in [0.1, 0.15) is 11.8 Å². The van der Waals surface area contributed by atoms with Crippen LogP contribution in [0.4, 0.5) is 0 Å². The van der Waals surface area contributed by atoms with Crippen molar-refractivity contribution in [3.63, 3.8) is 0 Å². The Kier molecular flexibility index (Phi) is 4.96. The van der Waals surface area contributed by atoms with Gasteiger partial charge in [0.15, 0.2) is 6.04 Å². The molecule has 17 heavy (non-hydrogen) atoms. The normalized spacial score (nSPS) is 14.1. The third-order valence-electron chi connectivity index (χ3n) is 2.73. The molecule has 1 aromatic rings. The molecule has 0 unspecified atom stereocenters. The number of hydrogen-bond donors (Lipinski definition) is 2. The average molecular weight is 302 g/mol. The molecule has 0 aliphatic heterocycles. The van der Waals surface area contributed by atoms with Crippen LogP contribution in [0, 0.1) is 0 Å². The maximum Gasteiger partial charge on any atom is 0.275 e. The van der Waals surface area contributed by atoms with E-state index in [9.17, 15) is 4.79 Å². The van der Waals surface area contributed by atoms with E-state index in [1.54, 1.807) is 14.0 Å². The number of quaternary nitrogens is 1. The molecule has 0 bridgehead atoms. The summed E-state index contributed by atoms with van der Waals surface area (Å²) in [4.78, 5) is 11.0. The molecular formula is C12H18BrN2O2+. The van der Waals surface area contributed by atoms with Gasteiger partial charge in [-0.05, 0) is 48.0 Å². The molecule has 0 saturated carbocycles. The van der Waals surface area contributed by atoms with Gasteiger partial charge < -0.3 is 15.8 Å². The van der Waals surface area contributed by atoms with Crippen LogP contribution in [0.2, 0.25) is 0 Å². The van der Waals surface area contributed by atoms with Gasteiger partial charge in [-0.15, -0.1) is 0 Å². The lowest BCUT2D eigenvalue weighted by atomic mass is 10.1. The van der Waals surface area contributed by atoms with E-state index in [0.717, 1.165) is 15.8 Å². The highest BCUT2D eigenvalue weighted by atomic mass is 79.9. The summed E-state index contributed by atoms with van der Waals surface area (Å²) in [7, 11) is 1.63. The summed E-state index contributed by atoms with van der Waals surface area (Å²) in [5.41, 5.74) is 6.35. The van der Waals surface area contributed by atoms with Crippen molar-refractivity contribution in [1.82, 2.24) is 0 Å². The molecule has 0 aliphatic rings. The van der Waals surface area contributed by atoms with Crippen LogP contribution < -0.4 is 15.8 Å². The number of carbonyl (C=O) groups is 1. The first-order valence-electron chi connectivity index (χ1n) is 5.43. The fourth-order valence-electron chi connectivity index (χ4n) is 1.60. The lowest BCUT2D eigenvalue weighted by Gasteiger charge is -2.15. The topological polar surface area (TPSA) is 68.9 Å². The lowest BCUT2D eigenvalue weighted by molar-refractivity contribution is -0.710. The second-order valence-corrected chi connectivity index (χ2v) is 4.92. The van der Waals surface area contributed by atoms with Gasteiger partial charge in [0.25, 0.3) is 5.91 Å². The van der Waals surface area contributed by atoms with Crippen LogP contribution in [0.3, 0.4) is 0 Å². The van der Waals surface area contributed by atoms with Crippen LogP contribution in [-0.4, -0.2) is 19.1 Å². The zero-order valence-electron chi connectivity index (χ0n) is 10.2. The van der Waals surface area contributed by atoms with Crippen molar-refractivity contribution in [3.8, 4) is 5.75 Å².